The largest absolute Gasteiger partial charge is 0.321 e. The minimum atomic E-state index is -0.511. The van der Waals surface area contributed by atoms with Crippen LogP contribution in [0.3, 0.4) is 0 Å². The van der Waals surface area contributed by atoms with Crippen LogP contribution in [0.2, 0.25) is 0 Å². The van der Waals surface area contributed by atoms with Gasteiger partial charge in [0.05, 0.1) is 33.6 Å². The van der Waals surface area contributed by atoms with Crippen LogP contribution in [0.5, 0.6) is 0 Å². The summed E-state index contributed by atoms with van der Waals surface area (Å²) < 4.78 is 0. The van der Waals surface area contributed by atoms with Gasteiger partial charge in [-0.05, 0) is 48.9 Å². The van der Waals surface area contributed by atoms with E-state index in [0.717, 1.165) is 0 Å². The third-order valence-corrected chi connectivity index (χ3v) is 7.48. The molecule has 0 spiro atoms. The zero-order chi connectivity index (χ0) is 31.5. The van der Waals surface area contributed by atoms with Gasteiger partial charge in [-0.1, -0.05) is 78.9 Å². The Labute approximate surface area is 257 Å². The van der Waals surface area contributed by atoms with Crippen LogP contribution in [0.25, 0.3) is 0 Å². The van der Waals surface area contributed by atoms with Gasteiger partial charge >= 0.3 is 0 Å². The number of hydrogen-bond acceptors (Lipinski definition) is 6. The van der Waals surface area contributed by atoms with E-state index in [2.05, 4.69) is 10.6 Å². The van der Waals surface area contributed by atoms with Crippen molar-refractivity contribution in [3.8, 4) is 0 Å². The fraction of sp³-hybridized carbons (Fsp3) is 0.0270. The Morgan fingerprint density at radius 2 is 1.00 bits per heavy atom. The van der Waals surface area contributed by atoms with Crippen LogP contribution in [0.15, 0.2) is 133 Å². The zero-order valence-electron chi connectivity index (χ0n) is 23.7. The lowest BCUT2D eigenvalue weighted by molar-refractivity contribution is 0.0973. The average molecular weight is 593 g/mol. The van der Waals surface area contributed by atoms with Crippen LogP contribution >= 0.6 is 0 Å². The minimum absolute atomic E-state index is 0.0251. The van der Waals surface area contributed by atoms with Gasteiger partial charge in [-0.25, -0.2) is 0 Å². The number of ketones is 4. The summed E-state index contributed by atoms with van der Waals surface area (Å²) in [6.45, 7) is 0. The van der Waals surface area contributed by atoms with E-state index >= 15 is 0 Å². The molecule has 2 aliphatic carbocycles. The number of benzene rings is 4. The molecule has 2 N–H and O–H groups in total. The number of anilines is 2. The second-order valence-electron chi connectivity index (χ2n) is 10.3. The van der Waals surface area contributed by atoms with Crippen molar-refractivity contribution in [3.63, 3.8) is 0 Å². The Morgan fingerprint density at radius 3 is 1.51 bits per heavy atom. The fourth-order valence-electron chi connectivity index (χ4n) is 5.28. The molecule has 0 saturated carbocycles. The molecular weight excluding hydrogens is 568 g/mol. The summed E-state index contributed by atoms with van der Waals surface area (Å²) in [5.41, 5.74) is 1.91. The molecule has 8 nitrogen and oxygen atoms in total. The molecule has 218 valence electrons. The van der Waals surface area contributed by atoms with Gasteiger partial charge in [0.25, 0.3) is 11.8 Å². The van der Waals surface area contributed by atoms with E-state index in [0.29, 0.717) is 11.1 Å². The van der Waals surface area contributed by atoms with E-state index in [1.54, 1.807) is 97.1 Å². The van der Waals surface area contributed by atoms with Gasteiger partial charge in [0.1, 0.15) is 0 Å². The van der Waals surface area contributed by atoms with Gasteiger partial charge in [0, 0.05) is 22.3 Å². The number of allylic oxidation sites excluding steroid dienone is 6. The van der Waals surface area contributed by atoms with Crippen LogP contribution in [0, 0.1) is 0 Å². The van der Waals surface area contributed by atoms with Crippen molar-refractivity contribution in [2.24, 2.45) is 0 Å². The summed E-state index contributed by atoms with van der Waals surface area (Å²) in [6.07, 6.45) is 6.16. The van der Waals surface area contributed by atoms with Gasteiger partial charge in [-0.15, -0.1) is 0 Å². The molecule has 0 atom stereocenters. The van der Waals surface area contributed by atoms with Crippen molar-refractivity contribution in [1.82, 2.24) is 0 Å². The second-order valence-corrected chi connectivity index (χ2v) is 10.3. The minimum Gasteiger partial charge on any atom is -0.321 e. The number of Topliss-reactive ketones (excluding diaryl/α,β-unsaturated/α-hetero) is 4. The lowest BCUT2D eigenvalue weighted by Crippen LogP contribution is -2.14. The number of nitrogens with one attached hydrogen (secondary N) is 2. The van der Waals surface area contributed by atoms with Gasteiger partial charge < -0.3 is 10.6 Å². The van der Waals surface area contributed by atoms with Crippen molar-refractivity contribution < 1.29 is 28.8 Å². The summed E-state index contributed by atoms with van der Waals surface area (Å²) in [5.74, 6) is -2.72. The first kappa shape index (κ1) is 28.8. The Bertz CT molecular complexity index is 2020. The molecule has 2 aliphatic rings. The van der Waals surface area contributed by atoms with E-state index in [-0.39, 0.29) is 51.2 Å². The number of carbonyl (C=O) groups is 6. The summed E-state index contributed by atoms with van der Waals surface area (Å²) in [4.78, 5) is 77.9. The molecule has 0 radical (unpaired) electrons. The summed E-state index contributed by atoms with van der Waals surface area (Å²) in [7, 11) is 0. The number of fused-ring (bicyclic) bond motifs is 2. The molecule has 2 amide bonds. The molecule has 4 aromatic rings. The molecule has 6 rings (SSSR count). The molecule has 0 heterocycles. The monoisotopic (exact) mass is 592 g/mol. The smallest absolute Gasteiger partial charge is 0.255 e. The maximum atomic E-state index is 13.2. The SMILES string of the molecule is O=C(Nc1cccc2c1C(=O)C(=CC=CCC=C1C(=O)c3cccc(NC(=O)c4ccccc4)c3C1=O)C2=O)c1ccccc1. The zero-order valence-corrected chi connectivity index (χ0v) is 23.7. The van der Waals surface area contributed by atoms with Crippen LogP contribution in [-0.4, -0.2) is 34.9 Å². The molecule has 8 heteroatoms. The van der Waals surface area contributed by atoms with Crippen LogP contribution in [0.4, 0.5) is 11.4 Å². The van der Waals surface area contributed by atoms with Gasteiger partial charge in [-0.2, -0.15) is 0 Å². The first-order chi connectivity index (χ1) is 21.8. The molecule has 0 bridgehead atoms. The lowest BCUT2D eigenvalue weighted by atomic mass is 10.1. The summed E-state index contributed by atoms with van der Waals surface area (Å²) in [6, 6.07) is 26.5. The molecule has 4 aromatic carbocycles. The van der Waals surface area contributed by atoms with Crippen LogP contribution in [-0.2, 0) is 0 Å². The molecule has 45 heavy (non-hydrogen) atoms. The highest BCUT2D eigenvalue weighted by atomic mass is 16.2. The van der Waals surface area contributed by atoms with Crippen molar-refractivity contribution >= 4 is 46.3 Å². The second kappa shape index (κ2) is 12.1. The highest BCUT2D eigenvalue weighted by molar-refractivity contribution is 6.42. The van der Waals surface area contributed by atoms with Crippen molar-refractivity contribution in [2.45, 2.75) is 6.42 Å². The summed E-state index contributed by atoms with van der Waals surface area (Å²) >= 11 is 0. The fourth-order valence-corrected chi connectivity index (χ4v) is 5.28. The maximum absolute atomic E-state index is 13.2. The predicted octanol–water partition coefficient (Wildman–Crippen LogP) is 6.45. The van der Waals surface area contributed by atoms with Crippen LogP contribution < -0.4 is 10.6 Å². The van der Waals surface area contributed by atoms with E-state index in [9.17, 15) is 28.8 Å². The normalized spacial score (nSPS) is 15.6. The Hall–Kier alpha value is -6.28. The number of hydrogen-bond donors (Lipinski definition) is 2. The first-order valence-electron chi connectivity index (χ1n) is 14.1. The molecule has 0 saturated heterocycles. The average Bonchev–Trinajstić information content (AvgIpc) is 3.46. The molecule has 0 aliphatic heterocycles. The Kier molecular flexibility index (Phi) is 7.78. The molecular formula is C37H24N2O6. The Balaban J connectivity index is 1.16. The third kappa shape index (κ3) is 5.48. The van der Waals surface area contributed by atoms with Gasteiger partial charge in [0.15, 0.2) is 23.1 Å². The van der Waals surface area contributed by atoms with E-state index in [1.165, 1.54) is 24.3 Å². The highest BCUT2D eigenvalue weighted by Crippen LogP contribution is 2.34. The standard InChI is InChI=1S/C37H24N2O6/c40-32-24-18-10-20-28(38-36(44)22-12-4-1-5-13-22)30(24)34(42)26(32)16-8-3-9-17-27-33(41)25-19-11-21-29(31(25)35(27)43)39-37(45)23-14-6-2-7-15-23/h1-8,10-21H,9H2,(H,38,44)(H,39,45). The third-order valence-electron chi connectivity index (χ3n) is 7.48. The topological polar surface area (TPSA) is 126 Å². The predicted molar refractivity (Wildman–Crippen MR) is 169 cm³/mol. The van der Waals surface area contributed by atoms with Gasteiger partial charge in [-0.3, -0.25) is 28.8 Å². The Morgan fingerprint density at radius 1 is 0.533 bits per heavy atom. The van der Waals surface area contributed by atoms with Crippen molar-refractivity contribution in [2.75, 3.05) is 10.6 Å². The van der Waals surface area contributed by atoms with E-state index < -0.39 is 34.9 Å². The van der Waals surface area contributed by atoms with E-state index in [1.807, 2.05) is 0 Å². The van der Waals surface area contributed by atoms with Crippen molar-refractivity contribution in [1.29, 1.82) is 0 Å². The van der Waals surface area contributed by atoms with Crippen LogP contribution in [0.1, 0.15) is 68.6 Å². The maximum Gasteiger partial charge on any atom is 0.255 e. The van der Waals surface area contributed by atoms with Crippen molar-refractivity contribution in [3.05, 3.63) is 166 Å². The number of amides is 2. The molecule has 0 fully saturated rings. The van der Waals surface area contributed by atoms with E-state index in [4.69, 9.17) is 0 Å². The lowest BCUT2D eigenvalue weighted by Gasteiger charge is -2.08. The van der Waals surface area contributed by atoms with Gasteiger partial charge in [0.2, 0.25) is 0 Å². The molecule has 0 aromatic heterocycles. The quantitative estimate of drug-likeness (QED) is 0.188. The number of carbonyl (C=O) groups excluding carboxylic acids is 6. The molecule has 0 unspecified atom stereocenters. The highest BCUT2D eigenvalue weighted by Gasteiger charge is 2.36. The number of rotatable bonds is 7. The first-order valence-corrected chi connectivity index (χ1v) is 14.1. The summed E-state index contributed by atoms with van der Waals surface area (Å²) in [5, 5.41) is 5.45.